The first-order valence-corrected chi connectivity index (χ1v) is 6.63. The zero-order valence-corrected chi connectivity index (χ0v) is 11.2. The first kappa shape index (κ1) is 12.1. The molecule has 0 aliphatic carbocycles. The molecule has 1 amide bonds. The van der Waals surface area contributed by atoms with Crippen molar-refractivity contribution >= 4 is 46.0 Å². The molecule has 2 aromatic carbocycles. The molecule has 4 nitrogen and oxygen atoms in total. The van der Waals surface area contributed by atoms with Gasteiger partial charge in [0.1, 0.15) is 11.0 Å². The molecule has 1 aromatic heterocycles. The maximum Gasteiger partial charge on any atom is 0.255 e. The average molecular weight is 290 g/mol. The number of hydrogen-bond acceptors (Lipinski definition) is 4. The summed E-state index contributed by atoms with van der Waals surface area (Å²) in [7, 11) is 0. The lowest BCUT2D eigenvalue weighted by molar-refractivity contribution is 0.102. The van der Waals surface area contributed by atoms with E-state index >= 15 is 0 Å². The van der Waals surface area contributed by atoms with E-state index in [0.29, 0.717) is 21.8 Å². The van der Waals surface area contributed by atoms with Gasteiger partial charge in [0, 0.05) is 10.6 Å². The molecule has 0 saturated carbocycles. The van der Waals surface area contributed by atoms with Crippen molar-refractivity contribution in [3.63, 3.8) is 0 Å². The van der Waals surface area contributed by atoms with E-state index in [1.54, 1.807) is 30.3 Å². The molecular formula is C13H8ClN3OS. The highest BCUT2D eigenvalue weighted by atomic mass is 35.5. The second-order valence-electron chi connectivity index (χ2n) is 3.90. The van der Waals surface area contributed by atoms with Crippen LogP contribution >= 0.6 is 23.3 Å². The summed E-state index contributed by atoms with van der Waals surface area (Å²) in [6, 6.07) is 12.2. The fraction of sp³-hybridized carbons (Fsp3) is 0. The average Bonchev–Trinajstić information content (AvgIpc) is 2.89. The van der Waals surface area contributed by atoms with Crippen LogP contribution < -0.4 is 5.32 Å². The Morgan fingerprint density at radius 1 is 1.11 bits per heavy atom. The van der Waals surface area contributed by atoms with E-state index in [-0.39, 0.29) is 5.91 Å². The third-order valence-corrected chi connectivity index (χ3v) is 3.44. The lowest BCUT2D eigenvalue weighted by Gasteiger charge is -2.05. The largest absolute Gasteiger partial charge is 0.320 e. The number of rotatable bonds is 2. The van der Waals surface area contributed by atoms with Crippen molar-refractivity contribution in [3.05, 3.63) is 53.1 Å². The number of nitrogens with one attached hydrogen (secondary N) is 1. The number of aromatic nitrogens is 2. The Labute approximate surface area is 118 Å². The fourth-order valence-corrected chi connectivity index (χ4v) is 2.38. The lowest BCUT2D eigenvalue weighted by atomic mass is 10.2. The minimum absolute atomic E-state index is 0.197. The van der Waals surface area contributed by atoms with Crippen LogP contribution in [-0.2, 0) is 0 Å². The SMILES string of the molecule is O=C(Nc1cccc2nsnc12)c1ccc(Cl)cc1. The molecule has 0 bridgehead atoms. The Balaban J connectivity index is 1.90. The predicted molar refractivity (Wildman–Crippen MR) is 76.8 cm³/mol. The molecule has 3 rings (SSSR count). The molecule has 0 aliphatic rings. The van der Waals surface area contributed by atoms with Crippen LogP contribution in [-0.4, -0.2) is 14.7 Å². The number of nitrogens with zero attached hydrogens (tertiary/aromatic N) is 2. The molecule has 0 atom stereocenters. The number of fused-ring (bicyclic) bond motifs is 1. The number of benzene rings is 2. The maximum absolute atomic E-state index is 12.1. The standard InChI is InChI=1S/C13H8ClN3OS/c14-9-6-4-8(5-7-9)13(18)15-10-2-1-3-11-12(10)17-19-16-11/h1-7H,(H,15,18). The van der Waals surface area contributed by atoms with Gasteiger partial charge in [0.15, 0.2) is 0 Å². The summed E-state index contributed by atoms with van der Waals surface area (Å²) in [5, 5.41) is 3.43. The summed E-state index contributed by atoms with van der Waals surface area (Å²) in [6.45, 7) is 0. The van der Waals surface area contributed by atoms with Gasteiger partial charge in [0.2, 0.25) is 0 Å². The van der Waals surface area contributed by atoms with Gasteiger partial charge in [-0.15, -0.1) is 0 Å². The molecule has 0 aliphatic heterocycles. The third-order valence-electron chi connectivity index (χ3n) is 2.64. The van der Waals surface area contributed by atoms with Crippen LogP contribution in [0.4, 0.5) is 5.69 Å². The number of amides is 1. The molecule has 19 heavy (non-hydrogen) atoms. The zero-order valence-electron chi connectivity index (χ0n) is 9.63. The Kier molecular flexibility index (Phi) is 3.15. The van der Waals surface area contributed by atoms with Crippen LogP contribution in [0.1, 0.15) is 10.4 Å². The molecule has 0 fully saturated rings. The van der Waals surface area contributed by atoms with Crippen molar-refractivity contribution in [2.75, 3.05) is 5.32 Å². The molecule has 94 valence electrons. The van der Waals surface area contributed by atoms with Crippen molar-refractivity contribution in [1.29, 1.82) is 0 Å². The molecule has 1 N–H and O–H groups in total. The number of anilines is 1. The van der Waals surface area contributed by atoms with Crippen LogP contribution in [0.3, 0.4) is 0 Å². The summed E-state index contributed by atoms with van der Waals surface area (Å²) < 4.78 is 8.31. The van der Waals surface area contributed by atoms with Gasteiger partial charge in [-0.3, -0.25) is 4.79 Å². The molecular weight excluding hydrogens is 282 g/mol. The first-order valence-electron chi connectivity index (χ1n) is 5.52. The molecule has 3 aromatic rings. The summed E-state index contributed by atoms with van der Waals surface area (Å²) in [5.74, 6) is -0.197. The van der Waals surface area contributed by atoms with Crippen LogP contribution in [0.15, 0.2) is 42.5 Å². The van der Waals surface area contributed by atoms with Gasteiger partial charge in [0.25, 0.3) is 5.91 Å². The molecule has 0 spiro atoms. The van der Waals surface area contributed by atoms with Crippen LogP contribution in [0.2, 0.25) is 5.02 Å². The second kappa shape index (κ2) is 4.95. The van der Waals surface area contributed by atoms with Gasteiger partial charge >= 0.3 is 0 Å². The van der Waals surface area contributed by atoms with Crippen LogP contribution in [0.5, 0.6) is 0 Å². The van der Waals surface area contributed by atoms with E-state index in [0.717, 1.165) is 17.2 Å². The number of halogens is 1. The minimum atomic E-state index is -0.197. The quantitative estimate of drug-likeness (QED) is 0.784. The fourth-order valence-electron chi connectivity index (χ4n) is 1.70. The maximum atomic E-state index is 12.1. The van der Waals surface area contributed by atoms with Gasteiger partial charge in [-0.2, -0.15) is 8.75 Å². The van der Waals surface area contributed by atoms with E-state index in [1.165, 1.54) is 0 Å². The van der Waals surface area contributed by atoms with Gasteiger partial charge in [0.05, 0.1) is 17.4 Å². The van der Waals surface area contributed by atoms with Gasteiger partial charge < -0.3 is 5.32 Å². The van der Waals surface area contributed by atoms with E-state index in [4.69, 9.17) is 11.6 Å². The predicted octanol–water partition coefficient (Wildman–Crippen LogP) is 3.60. The second-order valence-corrected chi connectivity index (χ2v) is 4.86. The summed E-state index contributed by atoms with van der Waals surface area (Å²) >= 11 is 6.91. The zero-order chi connectivity index (χ0) is 13.2. The van der Waals surface area contributed by atoms with Crippen molar-refractivity contribution in [2.24, 2.45) is 0 Å². The minimum Gasteiger partial charge on any atom is -0.320 e. The Morgan fingerprint density at radius 2 is 1.89 bits per heavy atom. The molecule has 0 radical (unpaired) electrons. The highest BCUT2D eigenvalue weighted by Crippen LogP contribution is 2.22. The van der Waals surface area contributed by atoms with Crippen molar-refractivity contribution in [1.82, 2.24) is 8.75 Å². The monoisotopic (exact) mass is 289 g/mol. The first-order chi connectivity index (χ1) is 9.24. The van der Waals surface area contributed by atoms with Crippen molar-refractivity contribution in [3.8, 4) is 0 Å². The summed E-state index contributed by atoms with van der Waals surface area (Å²) in [5.41, 5.74) is 2.68. The Morgan fingerprint density at radius 3 is 2.68 bits per heavy atom. The molecule has 0 unspecified atom stereocenters. The Bertz CT molecular complexity index is 739. The number of hydrogen-bond donors (Lipinski definition) is 1. The van der Waals surface area contributed by atoms with E-state index in [2.05, 4.69) is 14.1 Å². The molecule has 1 heterocycles. The van der Waals surface area contributed by atoms with Crippen molar-refractivity contribution < 1.29 is 4.79 Å². The number of carbonyl (C=O) groups is 1. The van der Waals surface area contributed by atoms with Crippen molar-refractivity contribution in [2.45, 2.75) is 0 Å². The normalized spacial score (nSPS) is 10.6. The van der Waals surface area contributed by atoms with E-state index in [1.807, 2.05) is 12.1 Å². The summed E-state index contributed by atoms with van der Waals surface area (Å²) in [4.78, 5) is 12.1. The lowest BCUT2D eigenvalue weighted by Crippen LogP contribution is -2.11. The third kappa shape index (κ3) is 2.43. The van der Waals surface area contributed by atoms with Crippen LogP contribution in [0.25, 0.3) is 11.0 Å². The topological polar surface area (TPSA) is 54.9 Å². The number of carbonyl (C=O) groups excluding carboxylic acids is 1. The summed E-state index contributed by atoms with van der Waals surface area (Å²) in [6.07, 6.45) is 0. The molecule has 0 saturated heterocycles. The van der Waals surface area contributed by atoms with Gasteiger partial charge in [-0.1, -0.05) is 17.7 Å². The van der Waals surface area contributed by atoms with Gasteiger partial charge in [-0.25, -0.2) is 0 Å². The van der Waals surface area contributed by atoms with E-state index in [9.17, 15) is 4.79 Å². The van der Waals surface area contributed by atoms with Crippen LogP contribution in [0, 0.1) is 0 Å². The van der Waals surface area contributed by atoms with Gasteiger partial charge in [-0.05, 0) is 36.4 Å². The highest BCUT2D eigenvalue weighted by Gasteiger charge is 2.10. The van der Waals surface area contributed by atoms with E-state index < -0.39 is 0 Å². The highest BCUT2D eigenvalue weighted by molar-refractivity contribution is 7.00. The molecule has 6 heteroatoms. The Hall–Kier alpha value is -1.98. The smallest absolute Gasteiger partial charge is 0.255 e.